The zero-order chi connectivity index (χ0) is 49.1. The molecule has 0 spiro atoms. The van der Waals surface area contributed by atoms with Crippen molar-refractivity contribution in [3.05, 3.63) is 11.6 Å². The Balaban J connectivity index is 1.02. The molecule has 5 aliphatic carbocycles. The fourth-order valence-electron chi connectivity index (χ4n) is 15.0. The third kappa shape index (κ3) is 8.06. The molecule has 67 heavy (non-hydrogen) atoms. The van der Waals surface area contributed by atoms with Gasteiger partial charge in [-0.2, -0.15) is 0 Å². The van der Waals surface area contributed by atoms with Crippen molar-refractivity contribution in [3.8, 4) is 0 Å². The van der Waals surface area contributed by atoms with Crippen molar-refractivity contribution in [1.29, 1.82) is 0 Å². The Bertz CT molecular complexity index is 1880. The van der Waals surface area contributed by atoms with Crippen LogP contribution in [0.2, 0.25) is 0 Å². The van der Waals surface area contributed by atoms with Gasteiger partial charge in [-0.05, 0) is 109 Å². The van der Waals surface area contributed by atoms with Gasteiger partial charge in [0.15, 0.2) is 18.7 Å². The van der Waals surface area contributed by atoms with Gasteiger partial charge in [-0.15, -0.1) is 0 Å². The molecule has 0 aromatic rings. The Hall–Kier alpha value is -1.92. The SMILES string of the molecule is CC1(C)CCC2(C(=O)OC3OC(C(=O)O)C(O)C(O)C3O)CCC3(C)C(=CCC4C5(C)CCC(OC6OC(CO)C(O)C(OC7OC(CO)C(O)C(O)C7O)C6O)C(C)(C)C5CCC43C)C2C1. The van der Waals surface area contributed by atoms with Crippen LogP contribution >= 0.6 is 0 Å². The van der Waals surface area contributed by atoms with E-state index in [1.807, 2.05) is 0 Å². The van der Waals surface area contributed by atoms with Crippen LogP contribution in [-0.4, -0.2) is 180 Å². The number of aliphatic hydroxyl groups is 10. The summed E-state index contributed by atoms with van der Waals surface area (Å²) in [6.07, 6.45) is -16.0. The normalized spacial score (nSPS) is 52.6. The maximum absolute atomic E-state index is 14.7. The summed E-state index contributed by atoms with van der Waals surface area (Å²) in [5.41, 5.74) is -1.02. The molecule has 23 unspecified atom stereocenters. The molecule has 8 aliphatic rings. The maximum atomic E-state index is 14.7. The molecule has 11 N–H and O–H groups in total. The molecular weight excluding hydrogens is 881 g/mol. The first-order valence-electron chi connectivity index (χ1n) is 24.3. The van der Waals surface area contributed by atoms with Crippen LogP contribution in [0.3, 0.4) is 0 Å². The molecule has 23 atom stereocenters. The van der Waals surface area contributed by atoms with E-state index in [9.17, 15) is 65.8 Å². The van der Waals surface area contributed by atoms with Crippen LogP contribution in [-0.2, 0) is 38.0 Å². The van der Waals surface area contributed by atoms with Gasteiger partial charge in [-0.1, -0.05) is 60.1 Å². The number of ether oxygens (including phenoxy) is 6. The first-order valence-corrected chi connectivity index (χ1v) is 24.3. The summed E-state index contributed by atoms with van der Waals surface area (Å²) < 4.78 is 35.4. The van der Waals surface area contributed by atoms with Gasteiger partial charge >= 0.3 is 11.9 Å². The Labute approximate surface area is 391 Å². The molecule has 19 heteroatoms. The van der Waals surface area contributed by atoms with Crippen LogP contribution in [0.1, 0.15) is 113 Å². The van der Waals surface area contributed by atoms with E-state index in [0.717, 1.165) is 32.1 Å². The third-order valence-electron chi connectivity index (χ3n) is 19.3. The summed E-state index contributed by atoms with van der Waals surface area (Å²) >= 11 is 0. The zero-order valence-corrected chi connectivity index (χ0v) is 39.7. The number of esters is 1. The van der Waals surface area contributed by atoms with Crippen LogP contribution in [0.15, 0.2) is 11.6 Å². The van der Waals surface area contributed by atoms with Crippen molar-refractivity contribution in [2.24, 2.45) is 50.2 Å². The van der Waals surface area contributed by atoms with Gasteiger partial charge in [-0.3, -0.25) is 4.79 Å². The van der Waals surface area contributed by atoms with Crippen LogP contribution in [0.5, 0.6) is 0 Å². The number of rotatable bonds is 9. The number of carbonyl (C=O) groups excluding carboxylic acids is 1. The van der Waals surface area contributed by atoms with Gasteiger partial charge in [0.1, 0.15) is 67.1 Å². The van der Waals surface area contributed by atoms with Crippen LogP contribution in [0, 0.1) is 50.2 Å². The van der Waals surface area contributed by atoms with Crippen molar-refractivity contribution in [3.63, 3.8) is 0 Å². The largest absolute Gasteiger partial charge is 0.479 e. The molecule has 4 saturated carbocycles. The lowest BCUT2D eigenvalue weighted by molar-refractivity contribution is -0.369. The van der Waals surface area contributed by atoms with E-state index in [0.29, 0.717) is 32.1 Å². The highest BCUT2D eigenvalue weighted by Crippen LogP contribution is 2.76. The smallest absolute Gasteiger partial charge is 0.335 e. The Morgan fingerprint density at radius 1 is 0.642 bits per heavy atom. The highest BCUT2D eigenvalue weighted by atomic mass is 16.7. The number of allylic oxidation sites excluding steroid dienone is 2. The van der Waals surface area contributed by atoms with Gasteiger partial charge in [0.25, 0.3) is 0 Å². The molecule has 0 aromatic heterocycles. The number of carbonyl (C=O) groups is 2. The summed E-state index contributed by atoms with van der Waals surface area (Å²) in [4.78, 5) is 26.6. The summed E-state index contributed by atoms with van der Waals surface area (Å²) in [6.45, 7) is 14.5. The molecule has 0 bridgehead atoms. The number of aliphatic carboxylic acids is 1. The van der Waals surface area contributed by atoms with E-state index in [1.165, 1.54) is 5.57 Å². The number of fused-ring (bicyclic) bond motifs is 7. The number of carboxylic acid groups (broad SMARTS) is 1. The minimum Gasteiger partial charge on any atom is -0.479 e. The topological polar surface area (TPSA) is 312 Å². The van der Waals surface area contributed by atoms with E-state index >= 15 is 0 Å². The van der Waals surface area contributed by atoms with Gasteiger partial charge in [0.05, 0.1) is 24.7 Å². The lowest BCUT2D eigenvalue weighted by Crippen LogP contribution is -2.67. The number of carboxylic acids is 1. The van der Waals surface area contributed by atoms with E-state index in [4.69, 9.17) is 28.4 Å². The second-order valence-electron chi connectivity index (χ2n) is 23.5. The van der Waals surface area contributed by atoms with Crippen molar-refractivity contribution in [1.82, 2.24) is 0 Å². The monoisotopic (exact) mass is 956 g/mol. The van der Waals surface area contributed by atoms with E-state index in [-0.39, 0.29) is 39.4 Å². The van der Waals surface area contributed by atoms with Crippen LogP contribution in [0.4, 0.5) is 0 Å². The quantitative estimate of drug-likeness (QED) is 0.0838. The number of hydrogen-bond donors (Lipinski definition) is 11. The Morgan fingerprint density at radius 2 is 1.24 bits per heavy atom. The molecule has 0 amide bonds. The van der Waals surface area contributed by atoms with Crippen molar-refractivity contribution >= 4 is 11.9 Å². The summed E-state index contributed by atoms with van der Waals surface area (Å²) in [7, 11) is 0. The highest BCUT2D eigenvalue weighted by Gasteiger charge is 2.70. The van der Waals surface area contributed by atoms with Crippen molar-refractivity contribution in [2.45, 2.75) is 211 Å². The highest BCUT2D eigenvalue weighted by molar-refractivity contribution is 5.79. The van der Waals surface area contributed by atoms with Gasteiger partial charge < -0.3 is 84.6 Å². The maximum Gasteiger partial charge on any atom is 0.335 e. The predicted octanol–water partition coefficient (Wildman–Crippen LogP) is 0.233. The van der Waals surface area contributed by atoms with Gasteiger partial charge in [0, 0.05) is 0 Å². The second kappa shape index (κ2) is 18.0. The Kier molecular flexibility index (Phi) is 13.8. The molecule has 3 saturated heterocycles. The number of aliphatic hydroxyl groups excluding tert-OH is 10. The fourth-order valence-corrected chi connectivity index (χ4v) is 15.0. The lowest BCUT2D eigenvalue weighted by atomic mass is 9.33. The van der Waals surface area contributed by atoms with Crippen molar-refractivity contribution in [2.75, 3.05) is 13.2 Å². The first kappa shape index (κ1) is 51.4. The third-order valence-corrected chi connectivity index (χ3v) is 19.3. The average Bonchev–Trinajstić information content (AvgIpc) is 3.26. The summed E-state index contributed by atoms with van der Waals surface area (Å²) in [5, 5.41) is 115. The molecule has 0 aromatic carbocycles. The summed E-state index contributed by atoms with van der Waals surface area (Å²) in [6, 6.07) is 0. The minimum absolute atomic E-state index is 0.107. The van der Waals surface area contributed by atoms with Crippen LogP contribution in [0.25, 0.3) is 0 Å². The summed E-state index contributed by atoms with van der Waals surface area (Å²) in [5.74, 6) is -1.99. The number of hydrogen-bond acceptors (Lipinski definition) is 18. The van der Waals surface area contributed by atoms with E-state index in [2.05, 4.69) is 54.5 Å². The van der Waals surface area contributed by atoms with Crippen LogP contribution < -0.4 is 0 Å². The minimum atomic E-state index is -1.91. The van der Waals surface area contributed by atoms with Gasteiger partial charge in [-0.25, -0.2) is 4.79 Å². The zero-order valence-electron chi connectivity index (χ0n) is 39.7. The first-order chi connectivity index (χ1) is 31.2. The van der Waals surface area contributed by atoms with E-state index < -0.39 is 134 Å². The standard InChI is InChI=1S/C48H76O19/c1-43(2)14-16-48(42(61)67-40-34(57)31(54)32(55)37(66-40)38(59)60)17-15-46(6)21(22(48)18-43)8-9-26-45(5)12-11-27(44(3,4)25(45)10-13-47(26,46)7)64-41-35(58)36(29(52)24(20-50)63-41)65-39-33(56)30(53)28(51)23(19-49)62-39/h8,22-37,39-41,49-58H,9-20H2,1-7H3,(H,59,60). The Morgan fingerprint density at radius 3 is 1.88 bits per heavy atom. The average molecular weight is 957 g/mol. The fraction of sp³-hybridized carbons (Fsp3) is 0.917. The molecule has 7 fully saturated rings. The second-order valence-corrected chi connectivity index (χ2v) is 23.5. The van der Waals surface area contributed by atoms with Crippen molar-refractivity contribution < 1.29 is 94.2 Å². The molecule has 8 rings (SSSR count). The molecule has 382 valence electrons. The molecule has 3 heterocycles. The molecule has 3 aliphatic heterocycles. The molecule has 19 nitrogen and oxygen atoms in total. The lowest BCUT2D eigenvalue weighted by Gasteiger charge is -2.71. The van der Waals surface area contributed by atoms with Gasteiger partial charge in [0.2, 0.25) is 6.29 Å². The predicted molar refractivity (Wildman–Crippen MR) is 231 cm³/mol. The molecule has 0 radical (unpaired) electrons. The molecular formula is C48H76O19. The van der Waals surface area contributed by atoms with E-state index in [1.54, 1.807) is 0 Å².